The number of aromatic nitrogens is 2. The van der Waals surface area contributed by atoms with E-state index >= 15 is 0 Å². The average molecular weight is 650 g/mol. The van der Waals surface area contributed by atoms with Crippen molar-refractivity contribution < 1.29 is 9.13 Å². The van der Waals surface area contributed by atoms with Gasteiger partial charge in [-0.05, 0) is 48.9 Å². The molecule has 2 heterocycles. The normalized spacial score (nSPS) is 12.7. The van der Waals surface area contributed by atoms with Gasteiger partial charge < -0.3 is 10.6 Å². The van der Waals surface area contributed by atoms with Crippen molar-refractivity contribution in [2.75, 3.05) is 23.7 Å². The summed E-state index contributed by atoms with van der Waals surface area (Å²) in [6.45, 7) is 6.64. The van der Waals surface area contributed by atoms with Gasteiger partial charge >= 0.3 is 0 Å². The second-order valence-electron chi connectivity index (χ2n) is 12.7. The highest BCUT2D eigenvalue weighted by Gasteiger charge is 2.15. The van der Waals surface area contributed by atoms with Crippen LogP contribution in [0, 0.1) is 0 Å². The molecule has 0 spiro atoms. The Balaban J connectivity index is 1.39. The average Bonchev–Trinajstić information content (AvgIpc) is 3.05. The lowest BCUT2D eigenvalue weighted by Crippen LogP contribution is -2.35. The van der Waals surface area contributed by atoms with Crippen molar-refractivity contribution in [3.63, 3.8) is 0 Å². The molecule has 250 valence electrons. The lowest BCUT2D eigenvalue weighted by atomic mass is 10.0. The summed E-state index contributed by atoms with van der Waals surface area (Å²) in [7, 11) is 0. The quantitative estimate of drug-likeness (QED) is 0.0522. The highest BCUT2D eigenvalue weighted by Crippen LogP contribution is 2.19. The summed E-state index contributed by atoms with van der Waals surface area (Å²) in [5.74, 6) is 0. The number of hydrogen-bond acceptors (Lipinski definition) is 2. The van der Waals surface area contributed by atoms with Gasteiger partial charge in [0.25, 0.3) is 0 Å². The van der Waals surface area contributed by atoms with Crippen LogP contribution >= 0.6 is 23.2 Å². The minimum Gasteiger partial charge on any atom is -0.385 e. The molecule has 0 aromatic carbocycles. The van der Waals surface area contributed by atoms with Crippen LogP contribution in [0.4, 0.5) is 11.4 Å². The van der Waals surface area contributed by atoms with Gasteiger partial charge in [0.1, 0.15) is 0 Å². The summed E-state index contributed by atoms with van der Waals surface area (Å²) in [6.07, 6.45) is 36.8. The first-order chi connectivity index (χ1) is 21.6. The highest BCUT2D eigenvalue weighted by atomic mass is 35.5. The predicted molar refractivity (Wildman–Crippen MR) is 193 cm³/mol. The third-order valence-electron chi connectivity index (χ3n) is 8.71. The second kappa shape index (κ2) is 26.7. The molecule has 0 saturated carbocycles. The molecule has 44 heavy (non-hydrogen) atoms. The summed E-state index contributed by atoms with van der Waals surface area (Å²) in [6, 6.07) is 8.62. The molecule has 0 aliphatic carbocycles. The maximum atomic E-state index is 6.68. The van der Waals surface area contributed by atoms with Gasteiger partial charge in [-0.2, -0.15) is 9.13 Å². The number of halogens is 2. The molecule has 0 bridgehead atoms. The van der Waals surface area contributed by atoms with E-state index in [1.165, 1.54) is 140 Å². The monoisotopic (exact) mass is 648 g/mol. The van der Waals surface area contributed by atoms with Crippen molar-refractivity contribution in [3.8, 4) is 0 Å². The smallest absolute Gasteiger partial charge is 0.232 e. The van der Waals surface area contributed by atoms with Crippen LogP contribution in [0.25, 0.3) is 0 Å². The van der Waals surface area contributed by atoms with Gasteiger partial charge in [0.15, 0.2) is 24.8 Å². The van der Waals surface area contributed by atoms with Crippen LogP contribution in [-0.4, -0.2) is 13.1 Å². The molecule has 0 saturated heterocycles. The molecule has 0 aliphatic rings. The van der Waals surface area contributed by atoms with Crippen LogP contribution in [0.5, 0.6) is 0 Å². The Kier molecular flexibility index (Phi) is 23.4. The van der Waals surface area contributed by atoms with Crippen molar-refractivity contribution in [1.82, 2.24) is 0 Å². The summed E-state index contributed by atoms with van der Waals surface area (Å²) >= 11 is 13.4. The number of nitrogens with zero attached hydrogens (tertiary/aromatic N) is 2. The summed E-state index contributed by atoms with van der Waals surface area (Å²) < 4.78 is 4.29. The van der Waals surface area contributed by atoms with E-state index in [0.717, 1.165) is 25.9 Å². The van der Waals surface area contributed by atoms with Crippen molar-refractivity contribution in [1.29, 1.82) is 0 Å². The van der Waals surface area contributed by atoms with E-state index < -0.39 is 0 Å². The van der Waals surface area contributed by atoms with Crippen molar-refractivity contribution in [2.45, 2.75) is 166 Å². The Labute approximate surface area is 281 Å². The molecule has 0 aliphatic heterocycles. The third kappa shape index (κ3) is 19.1. The number of rotatable bonds is 29. The standard InChI is InChI=1S/C38H64Cl2N4/c1-3-5-7-17-21-29-41-35-25-31-43(32-26-35)37(39)23-19-15-13-11-9-10-12-14-16-20-24-38(40)44-33-27-36(28-34-44)42-30-22-18-8-6-4-2/h25-28,31-34,37-38H,3-24,29-30H2,1-2H3/p+2. The SMILES string of the molecule is CCCCCCCNc1cc[n+](C(Cl)CCCCCCCCCCCCC(Cl)[n+]2ccc(NCCCCCCC)cc2)cc1. The molecular formula is C38H66Cl2N4+2. The van der Waals surface area contributed by atoms with E-state index in [-0.39, 0.29) is 11.0 Å². The zero-order chi connectivity index (χ0) is 31.5. The van der Waals surface area contributed by atoms with Crippen LogP contribution < -0.4 is 19.8 Å². The molecule has 0 radical (unpaired) electrons. The predicted octanol–water partition coefficient (Wildman–Crippen LogP) is 11.9. The Morgan fingerprint density at radius 2 is 0.750 bits per heavy atom. The Morgan fingerprint density at radius 1 is 0.455 bits per heavy atom. The highest BCUT2D eigenvalue weighted by molar-refractivity contribution is 6.18. The first kappa shape index (κ1) is 38.7. The molecule has 2 unspecified atom stereocenters. The van der Waals surface area contributed by atoms with E-state index in [1.54, 1.807) is 0 Å². The van der Waals surface area contributed by atoms with Gasteiger partial charge in [-0.25, -0.2) is 0 Å². The first-order valence-electron chi connectivity index (χ1n) is 18.4. The molecule has 2 rings (SSSR count). The van der Waals surface area contributed by atoms with Crippen LogP contribution in [-0.2, 0) is 0 Å². The fourth-order valence-electron chi connectivity index (χ4n) is 5.75. The van der Waals surface area contributed by atoms with Gasteiger partial charge in [0.05, 0.1) is 0 Å². The summed E-state index contributed by atoms with van der Waals surface area (Å²) in [5.41, 5.74) is 2.49. The van der Waals surface area contributed by atoms with Gasteiger partial charge in [-0.3, -0.25) is 0 Å². The van der Waals surface area contributed by atoms with Crippen LogP contribution in [0.2, 0.25) is 0 Å². The Bertz CT molecular complexity index is 831. The molecule has 2 aromatic heterocycles. The lowest BCUT2D eigenvalue weighted by Gasteiger charge is -2.08. The third-order valence-corrected chi connectivity index (χ3v) is 9.59. The molecule has 4 nitrogen and oxygen atoms in total. The topological polar surface area (TPSA) is 31.8 Å². The van der Waals surface area contributed by atoms with Crippen molar-refractivity contribution >= 4 is 34.6 Å². The fraction of sp³-hybridized carbons (Fsp3) is 0.737. The molecule has 2 aromatic rings. The molecule has 6 heteroatoms. The molecule has 2 atom stereocenters. The maximum absolute atomic E-state index is 6.68. The molecule has 0 fully saturated rings. The van der Waals surface area contributed by atoms with Crippen LogP contribution in [0.3, 0.4) is 0 Å². The summed E-state index contributed by atoms with van der Waals surface area (Å²) in [5, 5.41) is 7.07. The molecular weight excluding hydrogens is 583 g/mol. The lowest BCUT2D eigenvalue weighted by molar-refractivity contribution is -0.703. The van der Waals surface area contributed by atoms with Crippen molar-refractivity contribution in [3.05, 3.63) is 49.1 Å². The number of hydrogen-bond donors (Lipinski definition) is 2. The second-order valence-corrected chi connectivity index (χ2v) is 13.7. The van der Waals surface area contributed by atoms with E-state index in [4.69, 9.17) is 23.2 Å². The fourth-order valence-corrected chi connectivity index (χ4v) is 6.31. The largest absolute Gasteiger partial charge is 0.385 e. The zero-order valence-corrected chi connectivity index (χ0v) is 29.9. The number of anilines is 2. The van der Waals surface area contributed by atoms with E-state index in [9.17, 15) is 0 Å². The molecule has 2 N–H and O–H groups in total. The number of alkyl halides is 2. The van der Waals surface area contributed by atoms with Crippen molar-refractivity contribution in [2.24, 2.45) is 0 Å². The summed E-state index contributed by atoms with van der Waals surface area (Å²) in [4.78, 5) is 0. The Morgan fingerprint density at radius 3 is 1.09 bits per heavy atom. The maximum Gasteiger partial charge on any atom is 0.232 e. The van der Waals surface area contributed by atoms with E-state index in [0.29, 0.717) is 0 Å². The van der Waals surface area contributed by atoms with Gasteiger partial charge in [0, 0.05) is 61.6 Å². The minimum absolute atomic E-state index is 0.0513. The zero-order valence-electron chi connectivity index (χ0n) is 28.4. The first-order valence-corrected chi connectivity index (χ1v) is 19.3. The van der Waals surface area contributed by atoms with Crippen LogP contribution in [0.1, 0.15) is 166 Å². The Hall–Kier alpha value is -1.52. The van der Waals surface area contributed by atoms with E-state index in [1.807, 2.05) is 0 Å². The van der Waals surface area contributed by atoms with E-state index in [2.05, 4.69) is 82.7 Å². The number of nitrogens with one attached hydrogen (secondary N) is 2. The van der Waals surface area contributed by atoms with Crippen LogP contribution in [0.15, 0.2) is 49.1 Å². The number of unbranched alkanes of at least 4 members (excludes halogenated alkanes) is 17. The number of pyridine rings is 2. The minimum atomic E-state index is 0.0513. The molecule has 0 amide bonds. The van der Waals surface area contributed by atoms with Gasteiger partial charge in [-0.15, -0.1) is 0 Å². The van der Waals surface area contributed by atoms with Gasteiger partial charge in [0.2, 0.25) is 11.0 Å². The van der Waals surface area contributed by atoms with Gasteiger partial charge in [-0.1, -0.05) is 117 Å².